The number of hydrogen-bond acceptors (Lipinski definition) is 7. The Bertz CT molecular complexity index is 1240. The molecular formula is C26H27FN4O3S. The summed E-state index contributed by atoms with van der Waals surface area (Å²) in [4.78, 5) is 17.6. The van der Waals surface area contributed by atoms with Gasteiger partial charge in [-0.1, -0.05) is 61.7 Å². The third-order valence-electron chi connectivity index (χ3n) is 5.37. The fourth-order valence-corrected chi connectivity index (χ4v) is 4.52. The zero-order valence-corrected chi connectivity index (χ0v) is 20.5. The van der Waals surface area contributed by atoms with Crippen LogP contribution in [0.5, 0.6) is 5.75 Å². The van der Waals surface area contributed by atoms with Crippen molar-refractivity contribution in [3.63, 3.8) is 0 Å². The van der Waals surface area contributed by atoms with Gasteiger partial charge in [0.25, 0.3) is 0 Å². The molecule has 1 N–H and O–H groups in total. The van der Waals surface area contributed by atoms with Gasteiger partial charge in [0, 0.05) is 11.4 Å². The molecule has 182 valence electrons. The lowest BCUT2D eigenvalue weighted by Crippen LogP contribution is -2.29. The summed E-state index contributed by atoms with van der Waals surface area (Å²) >= 11 is 1.32. The van der Waals surface area contributed by atoms with Crippen LogP contribution in [0.2, 0.25) is 0 Å². The van der Waals surface area contributed by atoms with Gasteiger partial charge in [0.1, 0.15) is 24.2 Å². The van der Waals surface area contributed by atoms with E-state index in [1.807, 2.05) is 31.2 Å². The number of carbonyl (C=O) groups excluding carboxylic acids is 1. The second-order valence-electron chi connectivity index (χ2n) is 7.91. The number of hydrogen-bond donors (Lipinski definition) is 1. The fourth-order valence-electron chi connectivity index (χ4n) is 3.70. The lowest BCUT2D eigenvalue weighted by atomic mass is 9.96. The minimum atomic E-state index is -0.556. The molecule has 1 atom stereocenters. The number of nitrogens with one attached hydrogen (secondary N) is 1. The molecule has 0 saturated carbocycles. The van der Waals surface area contributed by atoms with Crippen LogP contribution in [0.1, 0.15) is 37.4 Å². The Hall–Kier alpha value is -3.59. The molecule has 0 aliphatic carbocycles. The number of thioether (sulfide) groups is 1. The average Bonchev–Trinajstić information content (AvgIpc) is 3.27. The number of halogens is 1. The van der Waals surface area contributed by atoms with Gasteiger partial charge in [-0.2, -0.15) is 4.98 Å². The quantitative estimate of drug-likeness (QED) is 0.226. The summed E-state index contributed by atoms with van der Waals surface area (Å²) in [6.07, 6.45) is 2.43. The maximum absolute atomic E-state index is 14.1. The van der Waals surface area contributed by atoms with Crippen molar-refractivity contribution in [2.24, 2.45) is 0 Å². The molecule has 35 heavy (non-hydrogen) atoms. The average molecular weight is 495 g/mol. The number of esters is 1. The number of nitrogens with zero attached hydrogens (tertiary/aromatic N) is 3. The summed E-state index contributed by atoms with van der Waals surface area (Å²) in [5.74, 6) is 0.893. The van der Waals surface area contributed by atoms with E-state index < -0.39 is 12.0 Å². The number of aromatic nitrogens is 3. The molecule has 9 heteroatoms. The summed E-state index contributed by atoms with van der Waals surface area (Å²) in [5.41, 5.74) is 2.45. The topological polar surface area (TPSA) is 78.3 Å². The third-order valence-corrected chi connectivity index (χ3v) is 6.26. The van der Waals surface area contributed by atoms with Crippen molar-refractivity contribution >= 4 is 23.7 Å². The minimum absolute atomic E-state index is 0.0973. The number of benzene rings is 2. The molecule has 1 aromatic heterocycles. The maximum Gasteiger partial charge on any atom is 0.338 e. The largest absolute Gasteiger partial charge is 0.494 e. The number of allylic oxidation sites excluding steroid dienone is 1. The molecule has 7 nitrogen and oxygen atoms in total. The molecule has 0 bridgehead atoms. The Balaban J connectivity index is 1.67. The molecule has 2 heterocycles. The highest BCUT2D eigenvalue weighted by Crippen LogP contribution is 2.37. The SMILES string of the molecule is C=CCOC(=O)C1=C(C)Nc2nc(SCc3ccccc3F)nn2C1c1ccc(OCCC)cc1. The molecule has 2 aromatic carbocycles. The van der Waals surface area contributed by atoms with E-state index in [0.29, 0.717) is 40.3 Å². The Morgan fingerprint density at radius 2 is 2.03 bits per heavy atom. The van der Waals surface area contributed by atoms with Crippen molar-refractivity contribution in [3.05, 3.63) is 89.4 Å². The van der Waals surface area contributed by atoms with Crippen LogP contribution in [0.3, 0.4) is 0 Å². The Morgan fingerprint density at radius 1 is 1.26 bits per heavy atom. The predicted octanol–water partition coefficient (Wildman–Crippen LogP) is 5.52. The van der Waals surface area contributed by atoms with Crippen LogP contribution < -0.4 is 10.1 Å². The van der Waals surface area contributed by atoms with Crippen molar-refractivity contribution < 1.29 is 18.7 Å². The molecule has 4 rings (SSSR count). The number of rotatable bonds is 10. The van der Waals surface area contributed by atoms with Crippen molar-refractivity contribution in [1.29, 1.82) is 0 Å². The lowest BCUT2D eigenvalue weighted by Gasteiger charge is -2.28. The van der Waals surface area contributed by atoms with E-state index in [4.69, 9.17) is 9.47 Å². The standard InChI is InChI=1S/C26H27FN4O3S/c1-4-14-33-20-12-10-18(11-13-20)23-22(24(32)34-15-5-2)17(3)28-25-29-26(30-31(23)25)35-16-19-8-6-7-9-21(19)27/h5-13,23H,2,4,14-16H2,1,3H3,(H,28,29,30). The van der Waals surface area contributed by atoms with Gasteiger partial charge >= 0.3 is 5.97 Å². The van der Waals surface area contributed by atoms with E-state index in [1.54, 1.807) is 29.8 Å². The smallest absolute Gasteiger partial charge is 0.338 e. The van der Waals surface area contributed by atoms with Gasteiger partial charge in [0.2, 0.25) is 11.1 Å². The van der Waals surface area contributed by atoms with Gasteiger partial charge < -0.3 is 14.8 Å². The first-order valence-corrected chi connectivity index (χ1v) is 12.3. The molecule has 1 aliphatic heterocycles. The van der Waals surface area contributed by atoms with Gasteiger partial charge in [0.05, 0.1) is 12.2 Å². The monoisotopic (exact) mass is 494 g/mol. The summed E-state index contributed by atoms with van der Waals surface area (Å²) < 4.78 is 26.8. The van der Waals surface area contributed by atoms with Crippen molar-refractivity contribution in [2.45, 2.75) is 37.2 Å². The molecule has 3 aromatic rings. The molecule has 1 aliphatic rings. The van der Waals surface area contributed by atoms with Crippen LogP contribution in [0.25, 0.3) is 0 Å². The lowest BCUT2D eigenvalue weighted by molar-refractivity contribution is -0.138. The van der Waals surface area contributed by atoms with Crippen LogP contribution in [0.15, 0.2) is 77.6 Å². The molecular weight excluding hydrogens is 467 g/mol. The van der Waals surface area contributed by atoms with Gasteiger partial charge in [-0.05, 0) is 42.7 Å². The predicted molar refractivity (Wildman–Crippen MR) is 134 cm³/mol. The summed E-state index contributed by atoms with van der Waals surface area (Å²) in [7, 11) is 0. The highest BCUT2D eigenvalue weighted by molar-refractivity contribution is 7.98. The van der Waals surface area contributed by atoms with Crippen molar-refractivity contribution in [2.75, 3.05) is 18.5 Å². The molecule has 0 amide bonds. The Kier molecular flexibility index (Phi) is 7.87. The van der Waals surface area contributed by atoms with Crippen LogP contribution >= 0.6 is 11.8 Å². The van der Waals surface area contributed by atoms with Crippen molar-refractivity contribution in [3.8, 4) is 5.75 Å². The maximum atomic E-state index is 14.1. The number of fused-ring (bicyclic) bond motifs is 1. The first kappa shape index (κ1) is 24.5. The van der Waals surface area contributed by atoms with Gasteiger partial charge in [-0.3, -0.25) is 0 Å². The van der Waals surface area contributed by atoms with Crippen molar-refractivity contribution in [1.82, 2.24) is 14.8 Å². The Morgan fingerprint density at radius 3 is 2.74 bits per heavy atom. The summed E-state index contributed by atoms with van der Waals surface area (Å²) in [5, 5.41) is 8.30. The highest BCUT2D eigenvalue weighted by atomic mass is 32.2. The molecule has 0 spiro atoms. The number of ether oxygens (including phenoxy) is 2. The van der Waals surface area contributed by atoms with E-state index in [9.17, 15) is 9.18 Å². The molecule has 0 saturated heterocycles. The van der Waals surface area contributed by atoms with Gasteiger partial charge in [-0.25, -0.2) is 13.9 Å². The minimum Gasteiger partial charge on any atom is -0.494 e. The second kappa shape index (κ2) is 11.2. The van der Waals surface area contributed by atoms with E-state index in [1.165, 1.54) is 23.9 Å². The zero-order chi connectivity index (χ0) is 24.8. The highest BCUT2D eigenvalue weighted by Gasteiger charge is 2.35. The normalized spacial score (nSPS) is 14.8. The van der Waals surface area contributed by atoms with E-state index in [-0.39, 0.29) is 12.4 Å². The van der Waals surface area contributed by atoms with Crippen LogP contribution in [-0.2, 0) is 15.3 Å². The molecule has 1 unspecified atom stereocenters. The van der Waals surface area contributed by atoms with E-state index in [2.05, 4.69) is 22.0 Å². The summed E-state index contributed by atoms with van der Waals surface area (Å²) in [6.45, 7) is 8.20. The van der Waals surface area contributed by atoms with Crippen LogP contribution in [0.4, 0.5) is 10.3 Å². The van der Waals surface area contributed by atoms with Gasteiger partial charge in [0.15, 0.2) is 0 Å². The van der Waals surface area contributed by atoms with E-state index >= 15 is 0 Å². The first-order valence-electron chi connectivity index (χ1n) is 11.3. The number of anilines is 1. The van der Waals surface area contributed by atoms with Crippen LogP contribution in [-0.4, -0.2) is 33.9 Å². The fraction of sp³-hybridized carbons (Fsp3) is 0.269. The number of carbonyl (C=O) groups is 1. The first-order chi connectivity index (χ1) is 17.0. The molecule has 0 radical (unpaired) electrons. The molecule has 0 fully saturated rings. The third kappa shape index (κ3) is 5.57. The van der Waals surface area contributed by atoms with E-state index in [0.717, 1.165) is 17.7 Å². The van der Waals surface area contributed by atoms with Crippen LogP contribution in [0, 0.1) is 5.82 Å². The zero-order valence-electron chi connectivity index (χ0n) is 19.7. The second-order valence-corrected chi connectivity index (χ2v) is 8.86. The Labute approximate surface area is 208 Å². The summed E-state index contributed by atoms with van der Waals surface area (Å²) in [6, 6.07) is 13.6. The van der Waals surface area contributed by atoms with Gasteiger partial charge in [-0.15, -0.1) is 5.10 Å².